The van der Waals surface area contributed by atoms with Crippen LogP contribution in [0, 0.1) is 0 Å². The number of nitrogens with one attached hydrogen (secondary N) is 2. The van der Waals surface area contributed by atoms with E-state index in [0.717, 1.165) is 28.8 Å². The summed E-state index contributed by atoms with van der Waals surface area (Å²) in [5, 5.41) is 6.88. The van der Waals surface area contributed by atoms with Crippen molar-refractivity contribution in [2.24, 2.45) is 0 Å². The first kappa shape index (κ1) is 13.8. The maximum Gasteiger partial charge on any atom is 0.207 e. The van der Waals surface area contributed by atoms with E-state index in [0.29, 0.717) is 6.54 Å². The van der Waals surface area contributed by atoms with Crippen LogP contribution in [0.3, 0.4) is 0 Å². The van der Waals surface area contributed by atoms with Gasteiger partial charge < -0.3 is 10.3 Å². The third kappa shape index (κ3) is 2.69. The molecule has 2 N–H and O–H groups in total. The van der Waals surface area contributed by atoms with E-state index in [9.17, 15) is 4.79 Å². The van der Waals surface area contributed by atoms with Crippen molar-refractivity contribution in [3.8, 4) is 11.4 Å². The summed E-state index contributed by atoms with van der Waals surface area (Å²) in [6.07, 6.45) is 0.741. The van der Waals surface area contributed by atoms with Gasteiger partial charge in [-0.3, -0.25) is 4.79 Å². The third-order valence-corrected chi connectivity index (χ3v) is 4.37. The van der Waals surface area contributed by atoms with Gasteiger partial charge in [-0.05, 0) is 29.1 Å². The maximum absolute atomic E-state index is 10.5. The molecular weight excluding hydrogens is 282 g/mol. The number of nitrogens with zero attached hydrogens (tertiary/aromatic N) is 1. The number of carbonyl (C=O) groups excluding carboxylic acids is 1. The zero-order valence-corrected chi connectivity index (χ0v) is 12.8. The number of imidazole rings is 1. The van der Waals surface area contributed by atoms with E-state index in [1.54, 1.807) is 11.3 Å². The van der Waals surface area contributed by atoms with Gasteiger partial charge >= 0.3 is 0 Å². The first-order valence-electron chi connectivity index (χ1n) is 6.80. The first-order valence-corrected chi connectivity index (χ1v) is 7.74. The predicted octanol–water partition coefficient (Wildman–Crippen LogP) is 3.32. The van der Waals surface area contributed by atoms with Crippen molar-refractivity contribution in [2.75, 3.05) is 6.54 Å². The lowest BCUT2D eigenvalue weighted by Gasteiger charge is -2.24. The van der Waals surface area contributed by atoms with E-state index in [4.69, 9.17) is 0 Å². The molecule has 3 aromatic rings. The number of aromatic nitrogens is 2. The minimum Gasteiger partial charge on any atom is -0.358 e. The van der Waals surface area contributed by atoms with Crippen LogP contribution in [0.4, 0.5) is 0 Å². The van der Waals surface area contributed by atoms with Crippen molar-refractivity contribution in [3.63, 3.8) is 0 Å². The van der Waals surface area contributed by atoms with Crippen LogP contribution in [0.15, 0.2) is 35.0 Å². The van der Waals surface area contributed by atoms with Gasteiger partial charge in [-0.25, -0.2) is 4.98 Å². The Morgan fingerprint density at radius 2 is 2.24 bits per heavy atom. The lowest BCUT2D eigenvalue weighted by molar-refractivity contribution is -0.109. The molecule has 21 heavy (non-hydrogen) atoms. The number of thiophene rings is 1. The summed E-state index contributed by atoms with van der Waals surface area (Å²) >= 11 is 1.66. The minimum atomic E-state index is -0.122. The molecule has 0 saturated heterocycles. The fraction of sp³-hybridized carbons (Fsp3) is 0.250. The second-order valence-electron chi connectivity index (χ2n) is 5.71. The molecule has 108 valence electrons. The Balaban J connectivity index is 1.98. The summed E-state index contributed by atoms with van der Waals surface area (Å²) in [5.74, 6) is 0.896. The van der Waals surface area contributed by atoms with E-state index in [-0.39, 0.29) is 5.41 Å². The number of fused-ring (bicyclic) bond motifs is 1. The quantitative estimate of drug-likeness (QED) is 0.710. The molecule has 1 aromatic carbocycles. The summed E-state index contributed by atoms with van der Waals surface area (Å²) in [6.45, 7) is 4.83. The molecule has 0 saturated carbocycles. The normalized spacial score (nSPS) is 11.7. The average Bonchev–Trinajstić information content (AvgIpc) is 3.12. The van der Waals surface area contributed by atoms with Crippen LogP contribution in [-0.2, 0) is 10.2 Å². The fourth-order valence-electron chi connectivity index (χ4n) is 2.37. The van der Waals surface area contributed by atoms with Crippen LogP contribution in [0.2, 0.25) is 0 Å². The van der Waals surface area contributed by atoms with Crippen LogP contribution in [0.5, 0.6) is 0 Å². The van der Waals surface area contributed by atoms with Crippen LogP contribution in [0.25, 0.3) is 22.4 Å². The number of benzene rings is 1. The third-order valence-electron chi connectivity index (χ3n) is 3.69. The molecule has 0 aliphatic rings. The average molecular weight is 299 g/mol. The predicted molar refractivity (Wildman–Crippen MR) is 86.5 cm³/mol. The molecule has 0 atom stereocenters. The van der Waals surface area contributed by atoms with Crippen LogP contribution in [-0.4, -0.2) is 22.9 Å². The van der Waals surface area contributed by atoms with Gasteiger partial charge in [-0.2, -0.15) is 11.3 Å². The van der Waals surface area contributed by atoms with Gasteiger partial charge in [-0.1, -0.05) is 19.9 Å². The molecule has 0 radical (unpaired) electrons. The van der Waals surface area contributed by atoms with Gasteiger partial charge in [0.2, 0.25) is 6.41 Å². The van der Waals surface area contributed by atoms with Crippen molar-refractivity contribution in [3.05, 3.63) is 40.6 Å². The van der Waals surface area contributed by atoms with Crippen molar-refractivity contribution in [2.45, 2.75) is 19.3 Å². The smallest absolute Gasteiger partial charge is 0.207 e. The molecule has 5 heteroatoms. The second kappa shape index (κ2) is 5.33. The Labute approximate surface area is 127 Å². The Morgan fingerprint density at radius 3 is 2.95 bits per heavy atom. The van der Waals surface area contributed by atoms with Gasteiger partial charge in [0.25, 0.3) is 0 Å². The van der Waals surface area contributed by atoms with Crippen molar-refractivity contribution >= 4 is 28.8 Å². The van der Waals surface area contributed by atoms with Gasteiger partial charge in [0.15, 0.2) is 0 Å². The molecule has 2 aromatic heterocycles. The molecule has 0 fully saturated rings. The monoisotopic (exact) mass is 299 g/mol. The SMILES string of the molecule is CC(C)(CNC=O)c1ccc2nc(-c3ccsc3)[nH]c2c1. The highest BCUT2D eigenvalue weighted by Crippen LogP contribution is 2.27. The standard InChI is InChI=1S/C16H17N3OS/c1-16(2,9-17-10-20)12-3-4-13-14(7-12)19-15(18-13)11-5-6-21-8-11/h3-8,10H,9H2,1-2H3,(H,17,20)(H,18,19). The number of rotatable bonds is 5. The van der Waals surface area contributed by atoms with Gasteiger partial charge in [0, 0.05) is 22.9 Å². The van der Waals surface area contributed by atoms with Crippen molar-refractivity contribution in [1.82, 2.24) is 15.3 Å². The van der Waals surface area contributed by atoms with Crippen LogP contribution >= 0.6 is 11.3 Å². The van der Waals surface area contributed by atoms with E-state index in [1.807, 2.05) is 11.4 Å². The molecule has 3 rings (SSSR count). The number of aromatic amines is 1. The molecule has 4 nitrogen and oxygen atoms in total. The summed E-state index contributed by atoms with van der Waals surface area (Å²) in [7, 11) is 0. The fourth-order valence-corrected chi connectivity index (χ4v) is 3.01. The molecule has 0 aliphatic carbocycles. The Bertz CT molecular complexity index is 759. The van der Waals surface area contributed by atoms with Gasteiger partial charge in [0.05, 0.1) is 11.0 Å². The van der Waals surface area contributed by atoms with E-state index in [1.165, 1.54) is 5.56 Å². The Morgan fingerprint density at radius 1 is 1.38 bits per heavy atom. The minimum absolute atomic E-state index is 0.122. The topological polar surface area (TPSA) is 57.8 Å². The van der Waals surface area contributed by atoms with E-state index < -0.39 is 0 Å². The lowest BCUT2D eigenvalue weighted by Crippen LogP contribution is -2.32. The largest absolute Gasteiger partial charge is 0.358 e. The number of hydrogen-bond donors (Lipinski definition) is 2. The zero-order valence-electron chi connectivity index (χ0n) is 12.0. The molecule has 0 bridgehead atoms. The van der Waals surface area contributed by atoms with E-state index in [2.05, 4.69) is 52.7 Å². The second-order valence-corrected chi connectivity index (χ2v) is 6.49. The number of amides is 1. The highest BCUT2D eigenvalue weighted by molar-refractivity contribution is 7.08. The number of H-pyrrole nitrogens is 1. The summed E-state index contributed by atoms with van der Waals surface area (Å²) in [5.41, 5.74) is 4.14. The molecule has 1 amide bonds. The van der Waals surface area contributed by atoms with Crippen LogP contribution in [0.1, 0.15) is 19.4 Å². The molecule has 0 spiro atoms. The molecule has 0 aliphatic heterocycles. The summed E-state index contributed by atoms with van der Waals surface area (Å²) in [4.78, 5) is 18.5. The highest BCUT2D eigenvalue weighted by Gasteiger charge is 2.21. The maximum atomic E-state index is 10.5. The van der Waals surface area contributed by atoms with Gasteiger partial charge in [0.1, 0.15) is 5.82 Å². The lowest BCUT2D eigenvalue weighted by atomic mass is 9.84. The van der Waals surface area contributed by atoms with Gasteiger partial charge in [-0.15, -0.1) is 0 Å². The number of hydrogen-bond acceptors (Lipinski definition) is 3. The summed E-state index contributed by atoms with van der Waals surface area (Å²) in [6, 6.07) is 8.28. The Hall–Kier alpha value is -2.14. The molecule has 0 unspecified atom stereocenters. The van der Waals surface area contributed by atoms with Crippen molar-refractivity contribution in [1.29, 1.82) is 0 Å². The van der Waals surface area contributed by atoms with Crippen molar-refractivity contribution < 1.29 is 4.79 Å². The molecule has 2 heterocycles. The Kier molecular flexibility index (Phi) is 3.51. The van der Waals surface area contributed by atoms with Crippen LogP contribution < -0.4 is 5.32 Å². The van der Waals surface area contributed by atoms with E-state index >= 15 is 0 Å². The number of carbonyl (C=O) groups is 1. The molecular formula is C16H17N3OS. The highest BCUT2D eigenvalue weighted by atomic mass is 32.1. The zero-order chi connectivity index (χ0) is 14.9. The summed E-state index contributed by atoms with van der Waals surface area (Å²) < 4.78 is 0. The first-order chi connectivity index (χ1) is 10.1.